The molecule has 0 spiro atoms. The van der Waals surface area contributed by atoms with Crippen LogP contribution in [0.5, 0.6) is 11.5 Å². The van der Waals surface area contributed by atoms with Crippen LogP contribution in [0.3, 0.4) is 0 Å². The van der Waals surface area contributed by atoms with E-state index in [2.05, 4.69) is 23.7 Å². The van der Waals surface area contributed by atoms with Crippen molar-refractivity contribution in [3.8, 4) is 11.5 Å². The number of rotatable bonds is 5. The highest BCUT2D eigenvalue weighted by Gasteiger charge is 2.02. The van der Waals surface area contributed by atoms with Crippen molar-refractivity contribution in [1.82, 2.24) is 0 Å². The lowest BCUT2D eigenvalue weighted by Crippen LogP contribution is -1.99. The summed E-state index contributed by atoms with van der Waals surface area (Å²) in [6.45, 7) is 0.689. The van der Waals surface area contributed by atoms with Gasteiger partial charge in [-0.1, -0.05) is 12.1 Å². The number of benzene rings is 2. The summed E-state index contributed by atoms with van der Waals surface area (Å²) in [6, 6.07) is 13.6. The standard InChI is InChI=1S/C15H17NO2S/c1-18-15-8-11(6-7-14(15)17)10-16-12-4-3-5-13(9-12)19-2/h3-9,16-17H,10H2,1-2H3. The molecule has 0 bridgehead atoms. The summed E-state index contributed by atoms with van der Waals surface area (Å²) < 4.78 is 5.09. The molecule has 4 heteroatoms. The second-order valence-electron chi connectivity index (χ2n) is 4.09. The van der Waals surface area contributed by atoms with E-state index in [1.807, 2.05) is 24.3 Å². The minimum absolute atomic E-state index is 0.163. The fourth-order valence-electron chi connectivity index (χ4n) is 1.77. The Bertz CT molecular complexity index is 558. The zero-order valence-electron chi connectivity index (χ0n) is 11.0. The first-order chi connectivity index (χ1) is 9.22. The normalized spacial score (nSPS) is 10.2. The van der Waals surface area contributed by atoms with E-state index in [-0.39, 0.29) is 5.75 Å². The summed E-state index contributed by atoms with van der Waals surface area (Å²) in [4.78, 5) is 1.23. The number of hydrogen-bond acceptors (Lipinski definition) is 4. The minimum atomic E-state index is 0.163. The van der Waals surface area contributed by atoms with Gasteiger partial charge in [-0.3, -0.25) is 0 Å². The van der Waals surface area contributed by atoms with Crippen LogP contribution in [0.1, 0.15) is 5.56 Å². The second-order valence-corrected chi connectivity index (χ2v) is 4.97. The summed E-state index contributed by atoms with van der Waals surface area (Å²) in [5, 5.41) is 12.9. The molecule has 0 fully saturated rings. The molecule has 0 aromatic heterocycles. The molecule has 19 heavy (non-hydrogen) atoms. The van der Waals surface area contributed by atoms with Gasteiger partial charge >= 0.3 is 0 Å². The van der Waals surface area contributed by atoms with Crippen LogP contribution in [0, 0.1) is 0 Å². The number of aromatic hydroxyl groups is 1. The Kier molecular flexibility index (Phi) is 4.58. The van der Waals surface area contributed by atoms with Crippen molar-refractivity contribution in [2.45, 2.75) is 11.4 Å². The second kappa shape index (κ2) is 6.38. The zero-order valence-corrected chi connectivity index (χ0v) is 11.8. The molecule has 0 heterocycles. The highest BCUT2D eigenvalue weighted by atomic mass is 32.2. The molecule has 100 valence electrons. The number of nitrogens with one attached hydrogen (secondary N) is 1. The van der Waals surface area contributed by atoms with Crippen molar-refractivity contribution in [3.63, 3.8) is 0 Å². The minimum Gasteiger partial charge on any atom is -0.504 e. The molecule has 0 amide bonds. The lowest BCUT2D eigenvalue weighted by Gasteiger charge is -2.09. The first-order valence-electron chi connectivity index (χ1n) is 5.96. The van der Waals surface area contributed by atoms with Crippen LogP contribution < -0.4 is 10.1 Å². The Morgan fingerprint density at radius 2 is 2.05 bits per heavy atom. The van der Waals surface area contributed by atoms with Gasteiger partial charge in [-0.15, -0.1) is 11.8 Å². The molecule has 0 atom stereocenters. The first kappa shape index (κ1) is 13.6. The van der Waals surface area contributed by atoms with Gasteiger partial charge in [0, 0.05) is 17.1 Å². The Hall–Kier alpha value is -1.81. The highest BCUT2D eigenvalue weighted by molar-refractivity contribution is 7.98. The van der Waals surface area contributed by atoms with Crippen LogP contribution in [0.15, 0.2) is 47.4 Å². The maximum Gasteiger partial charge on any atom is 0.160 e. The van der Waals surface area contributed by atoms with Crippen LogP contribution in [0.4, 0.5) is 5.69 Å². The van der Waals surface area contributed by atoms with E-state index < -0.39 is 0 Å². The summed E-state index contributed by atoms with van der Waals surface area (Å²) in [7, 11) is 1.55. The average Bonchev–Trinajstić information content (AvgIpc) is 2.46. The van der Waals surface area contributed by atoms with Gasteiger partial charge in [-0.2, -0.15) is 0 Å². The van der Waals surface area contributed by atoms with Crippen molar-refractivity contribution in [3.05, 3.63) is 48.0 Å². The molecule has 2 N–H and O–H groups in total. The zero-order chi connectivity index (χ0) is 13.7. The summed E-state index contributed by atoms with van der Waals surface area (Å²) in [6.07, 6.45) is 2.06. The van der Waals surface area contributed by atoms with Gasteiger partial charge in [-0.05, 0) is 42.2 Å². The number of anilines is 1. The van der Waals surface area contributed by atoms with Gasteiger partial charge in [-0.25, -0.2) is 0 Å². The van der Waals surface area contributed by atoms with Crippen molar-refractivity contribution in [1.29, 1.82) is 0 Å². The molecule has 0 aliphatic carbocycles. The molecular weight excluding hydrogens is 258 g/mol. The Labute approximate surface area is 117 Å². The molecule has 2 aromatic carbocycles. The molecule has 2 rings (SSSR count). The predicted octanol–water partition coefficient (Wildman–Crippen LogP) is 3.73. The Balaban J connectivity index is 2.05. The van der Waals surface area contributed by atoms with E-state index in [1.165, 1.54) is 4.90 Å². The average molecular weight is 275 g/mol. The smallest absolute Gasteiger partial charge is 0.160 e. The van der Waals surface area contributed by atoms with Gasteiger partial charge in [0.15, 0.2) is 11.5 Å². The van der Waals surface area contributed by atoms with Gasteiger partial charge < -0.3 is 15.2 Å². The summed E-state index contributed by atoms with van der Waals surface area (Å²) >= 11 is 1.72. The van der Waals surface area contributed by atoms with E-state index in [4.69, 9.17) is 4.74 Å². The number of ether oxygens (including phenoxy) is 1. The Morgan fingerprint density at radius 3 is 2.79 bits per heavy atom. The molecule has 2 aromatic rings. The molecule has 0 aliphatic rings. The van der Waals surface area contributed by atoms with Crippen molar-refractivity contribution in [2.24, 2.45) is 0 Å². The van der Waals surface area contributed by atoms with E-state index in [0.29, 0.717) is 12.3 Å². The fourth-order valence-corrected chi connectivity index (χ4v) is 2.23. The summed E-state index contributed by atoms with van der Waals surface area (Å²) in [5.41, 5.74) is 2.14. The summed E-state index contributed by atoms with van der Waals surface area (Å²) in [5.74, 6) is 0.660. The monoisotopic (exact) mass is 275 g/mol. The predicted molar refractivity (Wildman–Crippen MR) is 80.2 cm³/mol. The number of hydrogen-bond donors (Lipinski definition) is 2. The van der Waals surface area contributed by atoms with Crippen LogP contribution in [0.25, 0.3) is 0 Å². The van der Waals surface area contributed by atoms with Crippen molar-refractivity contribution >= 4 is 17.4 Å². The SMILES string of the molecule is COc1cc(CNc2cccc(SC)c2)ccc1O. The maximum absolute atomic E-state index is 9.54. The highest BCUT2D eigenvalue weighted by Crippen LogP contribution is 2.27. The van der Waals surface area contributed by atoms with Gasteiger partial charge in [0.1, 0.15) is 0 Å². The molecule has 0 saturated heterocycles. The topological polar surface area (TPSA) is 41.5 Å². The molecule has 0 aliphatic heterocycles. The number of phenols is 1. The third-order valence-corrected chi connectivity index (χ3v) is 3.54. The third kappa shape index (κ3) is 3.58. The van der Waals surface area contributed by atoms with Gasteiger partial charge in [0.05, 0.1) is 7.11 Å². The van der Waals surface area contributed by atoms with E-state index in [0.717, 1.165) is 11.3 Å². The quantitative estimate of drug-likeness (QED) is 0.816. The van der Waals surface area contributed by atoms with Crippen LogP contribution in [-0.4, -0.2) is 18.5 Å². The van der Waals surface area contributed by atoms with Crippen molar-refractivity contribution in [2.75, 3.05) is 18.7 Å². The lowest BCUT2D eigenvalue weighted by molar-refractivity contribution is 0.373. The number of methoxy groups -OCH3 is 1. The lowest BCUT2D eigenvalue weighted by atomic mass is 10.2. The molecule has 0 unspecified atom stereocenters. The van der Waals surface area contributed by atoms with Crippen LogP contribution in [-0.2, 0) is 6.54 Å². The number of phenolic OH excluding ortho intramolecular Hbond substituents is 1. The van der Waals surface area contributed by atoms with E-state index >= 15 is 0 Å². The van der Waals surface area contributed by atoms with Crippen LogP contribution in [0.2, 0.25) is 0 Å². The van der Waals surface area contributed by atoms with E-state index in [9.17, 15) is 5.11 Å². The first-order valence-corrected chi connectivity index (χ1v) is 7.19. The number of thioether (sulfide) groups is 1. The fraction of sp³-hybridized carbons (Fsp3) is 0.200. The molecule has 3 nitrogen and oxygen atoms in total. The molecule has 0 radical (unpaired) electrons. The molecular formula is C15H17NO2S. The van der Waals surface area contributed by atoms with Gasteiger partial charge in [0.2, 0.25) is 0 Å². The maximum atomic E-state index is 9.54. The molecule has 0 saturated carbocycles. The van der Waals surface area contributed by atoms with Crippen LogP contribution >= 0.6 is 11.8 Å². The largest absolute Gasteiger partial charge is 0.504 e. The third-order valence-electron chi connectivity index (χ3n) is 2.81. The van der Waals surface area contributed by atoms with E-state index in [1.54, 1.807) is 24.9 Å². The van der Waals surface area contributed by atoms with Crippen molar-refractivity contribution < 1.29 is 9.84 Å². The van der Waals surface area contributed by atoms with Gasteiger partial charge in [0.25, 0.3) is 0 Å². The Morgan fingerprint density at radius 1 is 1.21 bits per heavy atom.